The highest BCUT2D eigenvalue weighted by atomic mass is 16.1. The molecule has 1 unspecified atom stereocenters. The lowest BCUT2D eigenvalue weighted by Gasteiger charge is -2.07. The highest BCUT2D eigenvalue weighted by Gasteiger charge is 2.05. The first kappa shape index (κ1) is 11.2. The molecule has 1 aliphatic rings. The number of carbonyl (C=O) groups excluding carboxylic acids is 1. The largest absolute Gasteiger partial charge is 0.303 e. The highest BCUT2D eigenvalue weighted by molar-refractivity contribution is 5.53. The normalized spacial score (nSPS) is 29.6. The van der Waals surface area contributed by atoms with E-state index < -0.39 is 0 Å². The summed E-state index contributed by atoms with van der Waals surface area (Å²) in [7, 11) is 0. The Morgan fingerprint density at radius 2 is 1.50 bits per heavy atom. The van der Waals surface area contributed by atoms with Crippen LogP contribution in [0.4, 0.5) is 0 Å². The number of carbonyl (C=O) groups is 1. The van der Waals surface area contributed by atoms with Crippen molar-refractivity contribution in [1.29, 1.82) is 0 Å². The molecule has 0 saturated heterocycles. The lowest BCUT2D eigenvalue weighted by Crippen LogP contribution is -2.01. The minimum atomic E-state index is 0.285. The Balaban J connectivity index is 2.37. The Morgan fingerprint density at radius 3 is 2.21 bits per heavy atom. The van der Waals surface area contributed by atoms with Crippen LogP contribution in [0.25, 0.3) is 0 Å². The molecular formula is C13H20O. The van der Waals surface area contributed by atoms with E-state index in [1.165, 1.54) is 0 Å². The summed E-state index contributed by atoms with van der Waals surface area (Å²) in [6.07, 6.45) is 17.8. The number of hydrogen-bond donors (Lipinski definition) is 0. The van der Waals surface area contributed by atoms with Gasteiger partial charge in [0, 0.05) is 5.92 Å². The van der Waals surface area contributed by atoms with Crippen LogP contribution in [0.5, 0.6) is 0 Å². The molecule has 0 aromatic rings. The Morgan fingerprint density at radius 1 is 0.857 bits per heavy atom. The SMILES string of the molecule is O=CC1CC/C=C\CC/C=C\CCC1. The smallest absolute Gasteiger partial charge is 0.123 e. The summed E-state index contributed by atoms with van der Waals surface area (Å²) < 4.78 is 0. The van der Waals surface area contributed by atoms with E-state index in [1.54, 1.807) is 0 Å². The second-order valence-corrected chi connectivity index (χ2v) is 3.92. The predicted molar refractivity (Wildman–Crippen MR) is 60.2 cm³/mol. The Kier molecular flexibility index (Phi) is 6.05. The topological polar surface area (TPSA) is 17.1 Å². The van der Waals surface area contributed by atoms with E-state index in [1.807, 2.05) is 0 Å². The summed E-state index contributed by atoms with van der Waals surface area (Å²) in [5.74, 6) is 0.285. The summed E-state index contributed by atoms with van der Waals surface area (Å²) in [5, 5.41) is 0. The zero-order valence-corrected chi connectivity index (χ0v) is 8.82. The maximum atomic E-state index is 10.7. The molecule has 0 amide bonds. The molecule has 0 N–H and O–H groups in total. The molecule has 1 aliphatic carbocycles. The second kappa shape index (κ2) is 7.54. The fraction of sp³-hybridized carbons (Fsp3) is 0.615. The van der Waals surface area contributed by atoms with Gasteiger partial charge in [-0.05, 0) is 44.9 Å². The number of allylic oxidation sites excluding steroid dienone is 4. The van der Waals surface area contributed by atoms with Crippen molar-refractivity contribution in [3.05, 3.63) is 24.3 Å². The van der Waals surface area contributed by atoms with Crippen LogP contribution in [0.1, 0.15) is 44.9 Å². The number of aldehydes is 1. The van der Waals surface area contributed by atoms with Crippen LogP contribution in [0.2, 0.25) is 0 Å². The lowest BCUT2D eigenvalue weighted by atomic mass is 9.97. The molecule has 14 heavy (non-hydrogen) atoms. The van der Waals surface area contributed by atoms with Crippen LogP contribution in [-0.4, -0.2) is 6.29 Å². The zero-order valence-electron chi connectivity index (χ0n) is 8.82. The number of hydrogen-bond acceptors (Lipinski definition) is 1. The second-order valence-electron chi connectivity index (χ2n) is 3.92. The molecule has 78 valence electrons. The van der Waals surface area contributed by atoms with Crippen LogP contribution in [0.3, 0.4) is 0 Å². The van der Waals surface area contributed by atoms with Gasteiger partial charge in [0.25, 0.3) is 0 Å². The van der Waals surface area contributed by atoms with Gasteiger partial charge in [0.15, 0.2) is 0 Å². The lowest BCUT2D eigenvalue weighted by molar-refractivity contribution is -0.111. The van der Waals surface area contributed by atoms with E-state index in [0.29, 0.717) is 0 Å². The molecule has 0 aliphatic heterocycles. The first-order chi connectivity index (χ1) is 6.93. The molecule has 1 rings (SSSR count). The third kappa shape index (κ3) is 5.00. The van der Waals surface area contributed by atoms with E-state index in [0.717, 1.165) is 51.2 Å². The maximum absolute atomic E-state index is 10.7. The predicted octanol–water partition coefficient (Wildman–Crippen LogP) is 3.66. The van der Waals surface area contributed by atoms with Gasteiger partial charge in [0.1, 0.15) is 6.29 Å². The van der Waals surface area contributed by atoms with Gasteiger partial charge in [0.05, 0.1) is 0 Å². The summed E-state index contributed by atoms with van der Waals surface area (Å²) in [5.41, 5.74) is 0. The highest BCUT2D eigenvalue weighted by Crippen LogP contribution is 2.14. The van der Waals surface area contributed by atoms with Crippen LogP contribution in [-0.2, 0) is 4.79 Å². The van der Waals surface area contributed by atoms with Gasteiger partial charge in [-0.15, -0.1) is 0 Å². The molecule has 1 nitrogen and oxygen atoms in total. The fourth-order valence-electron chi connectivity index (χ4n) is 1.75. The monoisotopic (exact) mass is 192 g/mol. The van der Waals surface area contributed by atoms with Crippen LogP contribution in [0, 0.1) is 5.92 Å². The zero-order chi connectivity index (χ0) is 10.1. The van der Waals surface area contributed by atoms with Gasteiger partial charge in [-0.1, -0.05) is 24.3 Å². The first-order valence-electron chi connectivity index (χ1n) is 5.69. The quantitative estimate of drug-likeness (QED) is 0.457. The summed E-state index contributed by atoms with van der Waals surface area (Å²) >= 11 is 0. The van der Waals surface area contributed by atoms with E-state index in [2.05, 4.69) is 24.3 Å². The van der Waals surface area contributed by atoms with Crippen molar-refractivity contribution < 1.29 is 4.79 Å². The molecule has 0 saturated carbocycles. The molecular weight excluding hydrogens is 172 g/mol. The molecule has 1 heteroatoms. The average molecular weight is 192 g/mol. The molecule has 0 aromatic heterocycles. The van der Waals surface area contributed by atoms with Crippen molar-refractivity contribution in [2.24, 2.45) is 5.92 Å². The third-order valence-corrected chi connectivity index (χ3v) is 2.68. The van der Waals surface area contributed by atoms with Crippen molar-refractivity contribution in [3.8, 4) is 0 Å². The van der Waals surface area contributed by atoms with Gasteiger partial charge < -0.3 is 4.79 Å². The van der Waals surface area contributed by atoms with Gasteiger partial charge in [-0.2, -0.15) is 0 Å². The van der Waals surface area contributed by atoms with E-state index in [-0.39, 0.29) is 5.92 Å². The Bertz CT molecular complexity index is 203. The van der Waals surface area contributed by atoms with Crippen LogP contribution in [0.15, 0.2) is 24.3 Å². The third-order valence-electron chi connectivity index (χ3n) is 2.68. The van der Waals surface area contributed by atoms with Gasteiger partial charge in [-0.3, -0.25) is 0 Å². The van der Waals surface area contributed by atoms with Crippen LogP contribution < -0.4 is 0 Å². The molecule has 1 atom stereocenters. The van der Waals surface area contributed by atoms with E-state index >= 15 is 0 Å². The van der Waals surface area contributed by atoms with Gasteiger partial charge in [-0.25, -0.2) is 0 Å². The van der Waals surface area contributed by atoms with Crippen molar-refractivity contribution in [1.82, 2.24) is 0 Å². The van der Waals surface area contributed by atoms with Crippen molar-refractivity contribution in [2.45, 2.75) is 44.9 Å². The molecule has 0 bridgehead atoms. The number of rotatable bonds is 1. The standard InChI is InChI=1S/C13H20O/c14-12-13-10-8-6-4-2-1-3-5-7-9-11-13/h2,4-5,7,12-13H,1,3,6,8-11H2/b4-2-,7-5-. The molecule has 0 heterocycles. The minimum Gasteiger partial charge on any atom is -0.303 e. The molecule has 0 fully saturated rings. The van der Waals surface area contributed by atoms with Gasteiger partial charge in [0.2, 0.25) is 0 Å². The molecule has 0 radical (unpaired) electrons. The van der Waals surface area contributed by atoms with Crippen molar-refractivity contribution >= 4 is 6.29 Å². The average Bonchev–Trinajstić information content (AvgIpc) is 2.19. The minimum absolute atomic E-state index is 0.285. The van der Waals surface area contributed by atoms with Gasteiger partial charge >= 0.3 is 0 Å². The summed E-state index contributed by atoms with van der Waals surface area (Å²) in [4.78, 5) is 10.7. The Labute approximate surface area is 86.9 Å². The Hall–Kier alpha value is -0.850. The maximum Gasteiger partial charge on any atom is 0.123 e. The molecule has 0 aromatic carbocycles. The summed E-state index contributed by atoms with van der Waals surface area (Å²) in [6.45, 7) is 0. The first-order valence-corrected chi connectivity index (χ1v) is 5.69. The summed E-state index contributed by atoms with van der Waals surface area (Å²) in [6, 6.07) is 0. The molecule has 0 spiro atoms. The van der Waals surface area contributed by atoms with Crippen LogP contribution >= 0.6 is 0 Å². The van der Waals surface area contributed by atoms with E-state index in [9.17, 15) is 4.79 Å². The van der Waals surface area contributed by atoms with Crippen molar-refractivity contribution in [2.75, 3.05) is 0 Å². The van der Waals surface area contributed by atoms with Crippen molar-refractivity contribution in [3.63, 3.8) is 0 Å². The van der Waals surface area contributed by atoms with E-state index in [4.69, 9.17) is 0 Å². The fourth-order valence-corrected chi connectivity index (χ4v) is 1.75.